The summed E-state index contributed by atoms with van der Waals surface area (Å²) in [4.78, 5) is 2.65. The zero-order chi connectivity index (χ0) is 10.4. The molecule has 0 spiro atoms. The second kappa shape index (κ2) is 6.41. The number of hydrogen-bond acceptors (Lipinski definition) is 2. The van der Waals surface area contributed by atoms with Gasteiger partial charge in [-0.1, -0.05) is 19.8 Å². The molecule has 0 saturated carbocycles. The summed E-state index contributed by atoms with van der Waals surface area (Å²) < 4.78 is 0. The normalized spacial score (nSPS) is 30.2. The molecule has 14 heavy (non-hydrogen) atoms. The van der Waals surface area contributed by atoms with Gasteiger partial charge in [0.25, 0.3) is 0 Å². The molecule has 0 radical (unpaired) electrons. The molecule has 0 amide bonds. The molecular formula is C12H26N2. The van der Waals surface area contributed by atoms with Crippen LogP contribution >= 0.6 is 0 Å². The van der Waals surface area contributed by atoms with Gasteiger partial charge >= 0.3 is 0 Å². The van der Waals surface area contributed by atoms with Crippen molar-refractivity contribution in [1.29, 1.82) is 0 Å². The minimum Gasteiger partial charge on any atom is -0.313 e. The molecule has 0 aromatic heterocycles. The maximum Gasteiger partial charge on any atom is 0.0166 e. The van der Waals surface area contributed by atoms with Crippen molar-refractivity contribution < 1.29 is 0 Å². The summed E-state index contributed by atoms with van der Waals surface area (Å²) in [5, 5.41) is 3.55. The van der Waals surface area contributed by atoms with Crippen LogP contribution in [0, 0.1) is 0 Å². The number of unbranched alkanes of at least 4 members (excludes halogenated alkanes) is 2. The molecule has 0 aromatic rings. The van der Waals surface area contributed by atoms with Crippen LogP contribution < -0.4 is 5.32 Å². The zero-order valence-electron chi connectivity index (χ0n) is 10.1. The van der Waals surface area contributed by atoms with E-state index in [1.807, 2.05) is 0 Å². The Labute approximate surface area is 89.1 Å². The lowest BCUT2D eigenvalue weighted by Crippen LogP contribution is -2.39. The first-order chi connectivity index (χ1) is 6.74. The van der Waals surface area contributed by atoms with E-state index in [0.29, 0.717) is 6.04 Å². The minimum atomic E-state index is 0.668. The van der Waals surface area contributed by atoms with Crippen LogP contribution in [0.2, 0.25) is 0 Å². The van der Waals surface area contributed by atoms with Gasteiger partial charge in [0, 0.05) is 18.6 Å². The minimum absolute atomic E-state index is 0.668. The highest BCUT2D eigenvalue weighted by molar-refractivity contribution is 4.78. The third-order valence-corrected chi connectivity index (χ3v) is 3.24. The van der Waals surface area contributed by atoms with E-state index in [9.17, 15) is 0 Å². The van der Waals surface area contributed by atoms with Gasteiger partial charge in [-0.05, 0) is 39.8 Å². The fraction of sp³-hybridized carbons (Fsp3) is 1.00. The van der Waals surface area contributed by atoms with E-state index in [4.69, 9.17) is 0 Å². The molecule has 1 aliphatic heterocycles. The molecule has 0 bridgehead atoms. The number of hydrogen-bond donors (Lipinski definition) is 1. The lowest BCUT2D eigenvalue weighted by molar-refractivity contribution is 0.203. The van der Waals surface area contributed by atoms with E-state index in [2.05, 4.69) is 31.0 Å². The molecule has 84 valence electrons. The molecule has 1 N–H and O–H groups in total. The number of nitrogens with zero attached hydrogens (tertiary/aromatic N) is 1. The van der Waals surface area contributed by atoms with Gasteiger partial charge in [-0.15, -0.1) is 0 Å². The Hall–Kier alpha value is -0.0800. The Balaban J connectivity index is 2.30. The molecular weight excluding hydrogens is 172 g/mol. The average Bonchev–Trinajstić information content (AvgIpc) is 2.30. The second-order valence-corrected chi connectivity index (χ2v) is 4.69. The molecule has 2 heteroatoms. The highest BCUT2D eigenvalue weighted by Gasteiger charge is 2.19. The molecule has 1 aliphatic rings. The van der Waals surface area contributed by atoms with Crippen LogP contribution in [0.4, 0.5) is 0 Å². The van der Waals surface area contributed by atoms with Gasteiger partial charge in [0.1, 0.15) is 0 Å². The summed E-state index contributed by atoms with van der Waals surface area (Å²) in [7, 11) is 0. The van der Waals surface area contributed by atoms with Crippen LogP contribution in [0.3, 0.4) is 0 Å². The van der Waals surface area contributed by atoms with Crippen LogP contribution in [-0.4, -0.2) is 36.6 Å². The van der Waals surface area contributed by atoms with Gasteiger partial charge in [0.2, 0.25) is 0 Å². The van der Waals surface area contributed by atoms with Crippen molar-refractivity contribution >= 4 is 0 Å². The van der Waals surface area contributed by atoms with E-state index in [1.54, 1.807) is 0 Å². The van der Waals surface area contributed by atoms with E-state index in [-0.39, 0.29) is 0 Å². The maximum absolute atomic E-state index is 3.55. The van der Waals surface area contributed by atoms with Crippen molar-refractivity contribution in [2.24, 2.45) is 0 Å². The summed E-state index contributed by atoms with van der Waals surface area (Å²) in [5.74, 6) is 0. The highest BCUT2D eigenvalue weighted by atomic mass is 15.2. The largest absolute Gasteiger partial charge is 0.313 e. The van der Waals surface area contributed by atoms with Crippen LogP contribution in [-0.2, 0) is 0 Å². The summed E-state index contributed by atoms with van der Waals surface area (Å²) >= 11 is 0. The van der Waals surface area contributed by atoms with Gasteiger partial charge in [-0.25, -0.2) is 0 Å². The zero-order valence-corrected chi connectivity index (χ0v) is 10.1. The van der Waals surface area contributed by atoms with Gasteiger partial charge in [0.15, 0.2) is 0 Å². The molecule has 2 atom stereocenters. The van der Waals surface area contributed by atoms with Gasteiger partial charge in [-0.3, -0.25) is 4.90 Å². The van der Waals surface area contributed by atoms with Crippen LogP contribution in [0.15, 0.2) is 0 Å². The first-order valence-corrected chi connectivity index (χ1v) is 6.21. The van der Waals surface area contributed by atoms with Crippen molar-refractivity contribution in [3.8, 4) is 0 Å². The first-order valence-electron chi connectivity index (χ1n) is 6.21. The predicted octanol–water partition coefficient (Wildman–Crippen LogP) is 2.25. The van der Waals surface area contributed by atoms with Crippen LogP contribution in [0.25, 0.3) is 0 Å². The first kappa shape index (κ1) is 12.0. The predicted molar refractivity (Wildman–Crippen MR) is 62.6 cm³/mol. The van der Waals surface area contributed by atoms with Gasteiger partial charge in [-0.2, -0.15) is 0 Å². The smallest absolute Gasteiger partial charge is 0.0166 e. The topological polar surface area (TPSA) is 15.3 Å². The Morgan fingerprint density at radius 2 is 2.07 bits per heavy atom. The SMILES string of the molecule is CCCCCN1CC(C)NCCC1C. The monoisotopic (exact) mass is 198 g/mol. The lowest BCUT2D eigenvalue weighted by Gasteiger charge is -2.27. The van der Waals surface area contributed by atoms with E-state index >= 15 is 0 Å². The van der Waals surface area contributed by atoms with E-state index in [1.165, 1.54) is 45.3 Å². The molecule has 1 rings (SSSR count). The molecule has 2 unspecified atom stereocenters. The fourth-order valence-corrected chi connectivity index (χ4v) is 2.19. The standard InChI is InChI=1S/C12H26N2/c1-4-5-6-9-14-10-11(2)13-8-7-12(14)3/h11-13H,4-10H2,1-3H3. The van der Waals surface area contributed by atoms with Crippen LogP contribution in [0.5, 0.6) is 0 Å². The van der Waals surface area contributed by atoms with Crippen LogP contribution in [0.1, 0.15) is 46.5 Å². The van der Waals surface area contributed by atoms with Gasteiger partial charge in [0.05, 0.1) is 0 Å². The molecule has 1 fully saturated rings. The van der Waals surface area contributed by atoms with Crippen molar-refractivity contribution in [2.45, 2.75) is 58.5 Å². The average molecular weight is 198 g/mol. The molecule has 0 aromatic carbocycles. The quantitative estimate of drug-likeness (QED) is 0.697. The number of rotatable bonds is 4. The second-order valence-electron chi connectivity index (χ2n) is 4.69. The molecule has 1 heterocycles. The summed E-state index contributed by atoms with van der Waals surface area (Å²) in [6.45, 7) is 10.6. The van der Waals surface area contributed by atoms with Crippen molar-refractivity contribution in [3.05, 3.63) is 0 Å². The maximum atomic E-state index is 3.55. The number of nitrogens with one attached hydrogen (secondary N) is 1. The van der Waals surface area contributed by atoms with Gasteiger partial charge < -0.3 is 5.32 Å². The molecule has 0 aliphatic carbocycles. The molecule has 2 nitrogen and oxygen atoms in total. The Morgan fingerprint density at radius 1 is 1.29 bits per heavy atom. The van der Waals surface area contributed by atoms with E-state index in [0.717, 1.165) is 6.04 Å². The third-order valence-electron chi connectivity index (χ3n) is 3.24. The Bertz CT molecular complexity index is 147. The fourth-order valence-electron chi connectivity index (χ4n) is 2.19. The summed E-state index contributed by atoms with van der Waals surface area (Å²) in [6.07, 6.45) is 5.38. The van der Waals surface area contributed by atoms with Crippen molar-refractivity contribution in [2.75, 3.05) is 19.6 Å². The lowest BCUT2D eigenvalue weighted by atomic mass is 10.1. The Kier molecular flexibility index (Phi) is 5.49. The summed E-state index contributed by atoms with van der Waals surface area (Å²) in [5.41, 5.74) is 0. The highest BCUT2D eigenvalue weighted by Crippen LogP contribution is 2.10. The van der Waals surface area contributed by atoms with E-state index < -0.39 is 0 Å². The summed E-state index contributed by atoms with van der Waals surface area (Å²) in [6, 6.07) is 1.44. The van der Waals surface area contributed by atoms with Crippen molar-refractivity contribution in [1.82, 2.24) is 10.2 Å². The molecule has 1 saturated heterocycles. The Morgan fingerprint density at radius 3 is 2.79 bits per heavy atom. The third kappa shape index (κ3) is 3.97. The van der Waals surface area contributed by atoms with Crippen molar-refractivity contribution in [3.63, 3.8) is 0 Å².